The summed E-state index contributed by atoms with van der Waals surface area (Å²) in [6.45, 7) is 5.94. The molecule has 0 aliphatic heterocycles. The highest BCUT2D eigenvalue weighted by molar-refractivity contribution is 5.76. The predicted molar refractivity (Wildman–Crippen MR) is 86.8 cm³/mol. The van der Waals surface area contributed by atoms with Crippen LogP contribution in [0.1, 0.15) is 58.4 Å². The van der Waals surface area contributed by atoms with Gasteiger partial charge in [0.15, 0.2) is 0 Å². The van der Waals surface area contributed by atoms with Crippen LogP contribution in [0.15, 0.2) is 36.4 Å². The summed E-state index contributed by atoms with van der Waals surface area (Å²) >= 11 is 0. The van der Waals surface area contributed by atoms with Crippen LogP contribution in [0.25, 0.3) is 6.08 Å². The van der Waals surface area contributed by atoms with Crippen LogP contribution in [0.3, 0.4) is 0 Å². The van der Waals surface area contributed by atoms with Gasteiger partial charge in [0.05, 0.1) is 5.41 Å². The van der Waals surface area contributed by atoms with Gasteiger partial charge >= 0.3 is 5.97 Å². The SMILES string of the molecule is CCC(C)(C)C(=O)OC1(/C=C/c2ccccc2)CCCC1. The lowest BCUT2D eigenvalue weighted by Gasteiger charge is -2.31. The predicted octanol–water partition coefficient (Wildman–Crippen LogP) is 4.99. The zero-order valence-corrected chi connectivity index (χ0v) is 13.4. The minimum absolute atomic E-state index is 0.0791. The molecular weight excluding hydrogens is 260 g/mol. The van der Waals surface area contributed by atoms with Crippen LogP contribution in [0, 0.1) is 5.41 Å². The second-order valence-electron chi connectivity index (χ2n) is 6.64. The maximum atomic E-state index is 12.4. The summed E-state index contributed by atoms with van der Waals surface area (Å²) in [6, 6.07) is 10.2. The van der Waals surface area contributed by atoms with Crippen molar-refractivity contribution in [3.05, 3.63) is 42.0 Å². The molecule has 0 atom stereocenters. The lowest BCUT2D eigenvalue weighted by molar-refractivity contribution is -0.165. The van der Waals surface area contributed by atoms with Gasteiger partial charge in [-0.25, -0.2) is 0 Å². The molecule has 2 rings (SSSR count). The largest absolute Gasteiger partial charge is 0.454 e. The second-order valence-corrected chi connectivity index (χ2v) is 6.64. The Morgan fingerprint density at radius 3 is 2.43 bits per heavy atom. The molecule has 0 bridgehead atoms. The van der Waals surface area contributed by atoms with E-state index in [2.05, 4.69) is 24.3 Å². The lowest BCUT2D eigenvalue weighted by atomic mass is 9.90. The van der Waals surface area contributed by atoms with Crippen LogP contribution in [-0.4, -0.2) is 11.6 Å². The van der Waals surface area contributed by atoms with Gasteiger partial charge in [-0.3, -0.25) is 4.79 Å². The van der Waals surface area contributed by atoms with Gasteiger partial charge in [-0.1, -0.05) is 43.3 Å². The number of rotatable bonds is 5. The van der Waals surface area contributed by atoms with E-state index < -0.39 is 11.0 Å². The van der Waals surface area contributed by atoms with Gasteiger partial charge < -0.3 is 4.74 Å². The summed E-state index contributed by atoms with van der Waals surface area (Å²) in [4.78, 5) is 12.4. The fourth-order valence-electron chi connectivity index (χ4n) is 2.56. The molecule has 0 amide bonds. The number of esters is 1. The summed E-state index contributed by atoms with van der Waals surface area (Å²) in [6.07, 6.45) is 9.09. The maximum absolute atomic E-state index is 12.4. The van der Waals surface area contributed by atoms with Crippen LogP contribution in [0.2, 0.25) is 0 Å². The zero-order chi connectivity index (χ0) is 15.3. The Hall–Kier alpha value is -1.57. The topological polar surface area (TPSA) is 26.3 Å². The Bertz CT molecular complexity index is 494. The number of hydrogen-bond donors (Lipinski definition) is 0. The highest BCUT2D eigenvalue weighted by atomic mass is 16.6. The van der Waals surface area contributed by atoms with Crippen molar-refractivity contribution in [1.29, 1.82) is 0 Å². The molecule has 0 heterocycles. The van der Waals surface area contributed by atoms with Gasteiger partial charge in [0.25, 0.3) is 0 Å². The summed E-state index contributed by atoms with van der Waals surface area (Å²) in [5.74, 6) is -0.0791. The molecule has 2 heteroatoms. The Morgan fingerprint density at radius 2 is 1.86 bits per heavy atom. The molecule has 21 heavy (non-hydrogen) atoms. The molecular formula is C19H26O2. The third-order valence-corrected chi connectivity index (χ3v) is 4.56. The Balaban J connectivity index is 2.14. The zero-order valence-electron chi connectivity index (χ0n) is 13.4. The monoisotopic (exact) mass is 286 g/mol. The van der Waals surface area contributed by atoms with Crippen molar-refractivity contribution >= 4 is 12.0 Å². The summed E-state index contributed by atoms with van der Waals surface area (Å²) in [5.41, 5.74) is 0.338. The molecule has 2 nitrogen and oxygen atoms in total. The molecule has 1 fully saturated rings. The van der Waals surface area contributed by atoms with Gasteiger partial charge in [0.1, 0.15) is 5.60 Å². The minimum Gasteiger partial charge on any atom is -0.454 e. The third-order valence-electron chi connectivity index (χ3n) is 4.56. The quantitative estimate of drug-likeness (QED) is 0.713. The number of ether oxygens (including phenoxy) is 1. The highest BCUT2D eigenvalue weighted by Crippen LogP contribution is 2.37. The number of hydrogen-bond acceptors (Lipinski definition) is 2. The molecule has 0 unspecified atom stereocenters. The van der Waals surface area contributed by atoms with Crippen LogP contribution < -0.4 is 0 Å². The highest BCUT2D eigenvalue weighted by Gasteiger charge is 2.39. The van der Waals surface area contributed by atoms with Crippen molar-refractivity contribution in [3.63, 3.8) is 0 Å². The first-order valence-corrected chi connectivity index (χ1v) is 7.95. The van der Waals surface area contributed by atoms with E-state index in [1.807, 2.05) is 39.0 Å². The van der Waals surface area contributed by atoms with Crippen molar-refractivity contribution in [2.45, 2.75) is 58.5 Å². The van der Waals surface area contributed by atoms with E-state index in [1.165, 1.54) is 0 Å². The summed E-state index contributed by atoms with van der Waals surface area (Å²) < 4.78 is 5.95. The van der Waals surface area contributed by atoms with E-state index in [9.17, 15) is 4.79 Å². The smallest absolute Gasteiger partial charge is 0.312 e. The fourth-order valence-corrected chi connectivity index (χ4v) is 2.56. The molecule has 1 saturated carbocycles. The second kappa shape index (κ2) is 6.46. The van der Waals surface area contributed by atoms with Crippen molar-refractivity contribution in [1.82, 2.24) is 0 Å². The molecule has 1 aliphatic rings. The molecule has 0 spiro atoms. The number of carbonyl (C=O) groups excluding carboxylic acids is 1. The standard InChI is InChI=1S/C19H26O2/c1-4-18(2,3)17(20)21-19(13-8-9-14-19)15-12-16-10-6-5-7-11-16/h5-7,10-12,15H,4,8-9,13-14H2,1-3H3/b15-12+. The molecule has 0 saturated heterocycles. The van der Waals surface area contributed by atoms with Gasteiger partial charge in [0, 0.05) is 0 Å². The fraction of sp³-hybridized carbons (Fsp3) is 0.526. The maximum Gasteiger partial charge on any atom is 0.312 e. The van der Waals surface area contributed by atoms with E-state index in [4.69, 9.17) is 4.74 Å². The van der Waals surface area contributed by atoms with E-state index in [-0.39, 0.29) is 5.97 Å². The molecule has 0 radical (unpaired) electrons. The molecule has 1 aliphatic carbocycles. The molecule has 0 aromatic heterocycles. The Morgan fingerprint density at radius 1 is 1.24 bits per heavy atom. The lowest BCUT2D eigenvalue weighted by Crippen LogP contribution is -2.36. The van der Waals surface area contributed by atoms with Gasteiger partial charge in [-0.2, -0.15) is 0 Å². The van der Waals surface area contributed by atoms with Gasteiger partial charge in [0.2, 0.25) is 0 Å². The van der Waals surface area contributed by atoms with Crippen LogP contribution in [0.5, 0.6) is 0 Å². The van der Waals surface area contributed by atoms with Crippen molar-refractivity contribution in [2.24, 2.45) is 5.41 Å². The molecule has 114 valence electrons. The summed E-state index contributed by atoms with van der Waals surface area (Å²) in [7, 11) is 0. The third kappa shape index (κ3) is 3.96. The first-order valence-electron chi connectivity index (χ1n) is 7.95. The van der Waals surface area contributed by atoms with Crippen LogP contribution >= 0.6 is 0 Å². The van der Waals surface area contributed by atoms with Crippen molar-refractivity contribution in [3.8, 4) is 0 Å². The van der Waals surface area contributed by atoms with E-state index in [0.29, 0.717) is 0 Å². The van der Waals surface area contributed by atoms with Crippen LogP contribution in [0.4, 0.5) is 0 Å². The molecule has 0 N–H and O–H groups in total. The normalized spacial score (nSPS) is 18.0. The molecule has 1 aromatic rings. The first kappa shape index (κ1) is 15.8. The van der Waals surface area contributed by atoms with E-state index in [0.717, 1.165) is 37.7 Å². The number of benzene rings is 1. The summed E-state index contributed by atoms with van der Waals surface area (Å²) in [5, 5.41) is 0. The van der Waals surface area contributed by atoms with Gasteiger partial charge in [-0.05, 0) is 57.6 Å². The van der Waals surface area contributed by atoms with Crippen LogP contribution in [-0.2, 0) is 9.53 Å². The Labute approximate surface area is 128 Å². The minimum atomic E-state index is -0.407. The Kier molecular flexibility index (Phi) is 4.87. The van der Waals surface area contributed by atoms with E-state index in [1.54, 1.807) is 0 Å². The van der Waals surface area contributed by atoms with Crippen molar-refractivity contribution < 1.29 is 9.53 Å². The van der Waals surface area contributed by atoms with E-state index >= 15 is 0 Å². The van der Waals surface area contributed by atoms with Crippen molar-refractivity contribution in [2.75, 3.05) is 0 Å². The first-order chi connectivity index (χ1) is 9.97. The average Bonchev–Trinajstić information content (AvgIpc) is 2.95. The average molecular weight is 286 g/mol. The molecule has 1 aromatic carbocycles. The van der Waals surface area contributed by atoms with Gasteiger partial charge in [-0.15, -0.1) is 0 Å². The number of carbonyl (C=O) groups is 1.